The molecule has 0 bridgehead atoms. The molecule has 0 saturated carbocycles. The van der Waals surface area contributed by atoms with Gasteiger partial charge in [0.2, 0.25) is 0 Å². The number of hydrogen-bond donors (Lipinski definition) is 0. The van der Waals surface area contributed by atoms with Gasteiger partial charge in [0.25, 0.3) is 0 Å². The number of hydrogen-bond acceptors (Lipinski definition) is 2. The molecule has 2 heteroatoms. The zero-order valence-electron chi connectivity index (χ0n) is 9.16. The fourth-order valence-corrected chi connectivity index (χ4v) is 1.46. The Morgan fingerprint density at radius 1 is 1.50 bits per heavy atom. The van der Waals surface area contributed by atoms with E-state index in [9.17, 15) is 0 Å². The van der Waals surface area contributed by atoms with Crippen LogP contribution in [-0.4, -0.2) is 25.9 Å². The maximum absolute atomic E-state index is 5.56. The molecule has 0 N–H and O–H groups in total. The molecule has 0 spiro atoms. The minimum absolute atomic E-state index is 0.208. The maximum Gasteiger partial charge on any atom is 0.0780 e. The first-order valence-electron chi connectivity index (χ1n) is 5.37. The van der Waals surface area contributed by atoms with Crippen LogP contribution in [0.2, 0.25) is 0 Å². The molecule has 1 unspecified atom stereocenters. The molecule has 0 saturated heterocycles. The Hall–Kier alpha value is -0.600. The second-order valence-corrected chi connectivity index (χ2v) is 3.57. The Labute approximate surface area is 86.6 Å². The molecule has 0 amide bonds. The summed E-state index contributed by atoms with van der Waals surface area (Å²) in [7, 11) is 0. The molecule has 0 aromatic carbocycles. The fraction of sp³-hybridized carbons (Fsp3) is 0.667. The second-order valence-electron chi connectivity index (χ2n) is 3.57. The Morgan fingerprint density at radius 3 is 3.00 bits per heavy atom. The minimum Gasteiger partial charge on any atom is -0.376 e. The highest BCUT2D eigenvalue weighted by Crippen LogP contribution is 2.11. The van der Waals surface area contributed by atoms with Crippen LogP contribution in [0.4, 0.5) is 0 Å². The van der Waals surface area contributed by atoms with Crippen LogP contribution in [0.25, 0.3) is 0 Å². The van der Waals surface area contributed by atoms with Crippen molar-refractivity contribution in [3.8, 4) is 0 Å². The number of allylic oxidation sites excluding steroid dienone is 3. The Balaban J connectivity index is 2.08. The van der Waals surface area contributed by atoms with Crippen LogP contribution in [0.1, 0.15) is 26.7 Å². The van der Waals surface area contributed by atoms with E-state index in [1.165, 1.54) is 5.57 Å². The Morgan fingerprint density at radius 2 is 2.36 bits per heavy atom. The molecule has 0 fully saturated rings. The quantitative estimate of drug-likeness (QED) is 0.650. The summed E-state index contributed by atoms with van der Waals surface area (Å²) in [6.07, 6.45) is 8.94. The van der Waals surface area contributed by atoms with Crippen molar-refractivity contribution in [1.29, 1.82) is 0 Å². The first-order valence-corrected chi connectivity index (χ1v) is 5.37. The third kappa shape index (κ3) is 4.58. The van der Waals surface area contributed by atoms with Crippen LogP contribution in [0.5, 0.6) is 0 Å². The summed E-state index contributed by atoms with van der Waals surface area (Å²) < 4.78 is 10.9. The molecule has 1 atom stereocenters. The SMILES string of the molecule is CCOC(C)COCC1=CC=CCC1. The third-order valence-corrected chi connectivity index (χ3v) is 2.19. The van der Waals surface area contributed by atoms with Gasteiger partial charge in [-0.2, -0.15) is 0 Å². The van der Waals surface area contributed by atoms with Gasteiger partial charge in [0.15, 0.2) is 0 Å². The van der Waals surface area contributed by atoms with Gasteiger partial charge in [0, 0.05) is 6.61 Å². The van der Waals surface area contributed by atoms with Crippen molar-refractivity contribution < 1.29 is 9.47 Å². The molecule has 14 heavy (non-hydrogen) atoms. The molecule has 1 aliphatic carbocycles. The third-order valence-electron chi connectivity index (χ3n) is 2.19. The fourth-order valence-electron chi connectivity index (χ4n) is 1.46. The van der Waals surface area contributed by atoms with E-state index in [2.05, 4.69) is 18.2 Å². The Bertz CT molecular complexity index is 206. The van der Waals surface area contributed by atoms with Crippen LogP contribution < -0.4 is 0 Å². The Kier molecular flexibility index (Phi) is 5.57. The molecule has 1 rings (SSSR count). The van der Waals surface area contributed by atoms with Crippen LogP contribution in [0.3, 0.4) is 0 Å². The van der Waals surface area contributed by atoms with Gasteiger partial charge >= 0.3 is 0 Å². The lowest BCUT2D eigenvalue weighted by molar-refractivity contribution is 0.00424. The topological polar surface area (TPSA) is 18.5 Å². The summed E-state index contributed by atoms with van der Waals surface area (Å²) in [5.41, 5.74) is 1.39. The van der Waals surface area contributed by atoms with Gasteiger partial charge in [-0.25, -0.2) is 0 Å². The summed E-state index contributed by atoms with van der Waals surface area (Å²) in [6, 6.07) is 0. The highest BCUT2D eigenvalue weighted by Gasteiger charge is 2.03. The van der Waals surface area contributed by atoms with Crippen molar-refractivity contribution in [2.75, 3.05) is 19.8 Å². The molecule has 0 aliphatic heterocycles. The highest BCUT2D eigenvalue weighted by molar-refractivity contribution is 5.17. The van der Waals surface area contributed by atoms with E-state index in [-0.39, 0.29) is 6.10 Å². The van der Waals surface area contributed by atoms with E-state index >= 15 is 0 Å². The van der Waals surface area contributed by atoms with Crippen molar-refractivity contribution in [2.24, 2.45) is 0 Å². The molecule has 0 aromatic rings. The highest BCUT2D eigenvalue weighted by atomic mass is 16.5. The van der Waals surface area contributed by atoms with Crippen LogP contribution in [0, 0.1) is 0 Å². The molecule has 80 valence electrons. The van der Waals surface area contributed by atoms with Crippen molar-refractivity contribution in [3.63, 3.8) is 0 Å². The normalized spacial score (nSPS) is 18.0. The zero-order chi connectivity index (χ0) is 10.2. The average Bonchev–Trinajstić information content (AvgIpc) is 2.20. The predicted molar refractivity (Wildman–Crippen MR) is 58.4 cm³/mol. The van der Waals surface area contributed by atoms with Gasteiger partial charge in [0.05, 0.1) is 19.3 Å². The molecule has 0 aromatic heterocycles. The van der Waals surface area contributed by atoms with Gasteiger partial charge in [-0.3, -0.25) is 0 Å². The molecular formula is C12H20O2. The predicted octanol–water partition coefficient (Wildman–Crippen LogP) is 2.70. The van der Waals surface area contributed by atoms with Gasteiger partial charge in [-0.15, -0.1) is 0 Å². The maximum atomic E-state index is 5.56. The van der Waals surface area contributed by atoms with E-state index in [4.69, 9.17) is 9.47 Å². The van der Waals surface area contributed by atoms with Gasteiger partial charge < -0.3 is 9.47 Å². The molecule has 0 radical (unpaired) electrons. The monoisotopic (exact) mass is 196 g/mol. The molecular weight excluding hydrogens is 176 g/mol. The minimum atomic E-state index is 0.208. The van der Waals surface area contributed by atoms with Crippen LogP contribution >= 0.6 is 0 Å². The van der Waals surface area contributed by atoms with Crippen molar-refractivity contribution in [3.05, 3.63) is 23.8 Å². The van der Waals surface area contributed by atoms with Crippen LogP contribution in [-0.2, 0) is 9.47 Å². The zero-order valence-corrected chi connectivity index (χ0v) is 9.16. The second kappa shape index (κ2) is 6.80. The van der Waals surface area contributed by atoms with Gasteiger partial charge in [-0.1, -0.05) is 18.2 Å². The van der Waals surface area contributed by atoms with E-state index in [0.29, 0.717) is 6.61 Å². The first-order chi connectivity index (χ1) is 6.83. The molecule has 1 aliphatic rings. The van der Waals surface area contributed by atoms with Crippen molar-refractivity contribution in [2.45, 2.75) is 32.8 Å². The summed E-state index contributed by atoms with van der Waals surface area (Å²) in [6.45, 7) is 6.25. The average molecular weight is 196 g/mol. The summed E-state index contributed by atoms with van der Waals surface area (Å²) >= 11 is 0. The van der Waals surface area contributed by atoms with E-state index in [1.807, 2.05) is 13.8 Å². The largest absolute Gasteiger partial charge is 0.376 e. The summed E-state index contributed by atoms with van der Waals surface area (Å²) in [5.74, 6) is 0. The van der Waals surface area contributed by atoms with Crippen molar-refractivity contribution in [1.82, 2.24) is 0 Å². The number of rotatable bonds is 6. The lowest BCUT2D eigenvalue weighted by atomic mass is 10.1. The molecule has 0 heterocycles. The smallest absolute Gasteiger partial charge is 0.0780 e. The van der Waals surface area contributed by atoms with E-state index in [1.54, 1.807) is 0 Å². The van der Waals surface area contributed by atoms with Crippen molar-refractivity contribution >= 4 is 0 Å². The lowest BCUT2D eigenvalue weighted by Crippen LogP contribution is -2.16. The summed E-state index contributed by atoms with van der Waals surface area (Å²) in [5, 5.41) is 0. The molecule has 2 nitrogen and oxygen atoms in total. The lowest BCUT2D eigenvalue weighted by Gasteiger charge is -2.14. The van der Waals surface area contributed by atoms with Gasteiger partial charge in [-0.05, 0) is 32.3 Å². The standard InChI is InChI=1S/C12H20O2/c1-3-14-11(2)9-13-10-12-7-5-4-6-8-12/h4-5,7,11H,3,6,8-10H2,1-2H3. The number of ether oxygens (including phenoxy) is 2. The van der Waals surface area contributed by atoms with Gasteiger partial charge in [0.1, 0.15) is 0 Å². The first kappa shape index (κ1) is 11.5. The van der Waals surface area contributed by atoms with E-state index < -0.39 is 0 Å². The summed E-state index contributed by atoms with van der Waals surface area (Å²) in [4.78, 5) is 0. The van der Waals surface area contributed by atoms with Crippen LogP contribution in [0.15, 0.2) is 23.8 Å². The van der Waals surface area contributed by atoms with E-state index in [0.717, 1.165) is 26.1 Å².